The molecule has 0 unspecified atom stereocenters. The molecule has 3 rings (SSSR count). The summed E-state index contributed by atoms with van der Waals surface area (Å²) in [5.74, 6) is -0.286. The van der Waals surface area contributed by atoms with E-state index in [9.17, 15) is 13.2 Å². The van der Waals surface area contributed by atoms with Crippen LogP contribution in [0.4, 0.5) is 5.95 Å². The van der Waals surface area contributed by atoms with Crippen molar-refractivity contribution in [3.63, 3.8) is 0 Å². The van der Waals surface area contributed by atoms with E-state index in [0.29, 0.717) is 0 Å². The van der Waals surface area contributed by atoms with Gasteiger partial charge < -0.3 is 4.74 Å². The molecule has 9 nitrogen and oxygen atoms in total. The van der Waals surface area contributed by atoms with E-state index in [4.69, 9.17) is 4.74 Å². The van der Waals surface area contributed by atoms with Gasteiger partial charge in [-0.15, -0.1) is 0 Å². The molecule has 2 aromatic rings. The second kappa shape index (κ2) is 6.90. The first-order valence-electron chi connectivity index (χ1n) is 7.78. The molecule has 1 fully saturated rings. The number of aromatic amines is 1. The standard InChI is InChI=1S/C15H19N5O4S/c1-10-7-20(8-11(2)24-10)25(22,23)13-5-3-4-12(6-13)14(21)18-15-16-9-17-19-15/h3-6,9-11H,7-8H2,1-2H3,(H2,16,17,18,19,21)/t10-,11+. The average Bonchev–Trinajstić information content (AvgIpc) is 3.07. The Balaban J connectivity index is 1.83. The van der Waals surface area contributed by atoms with Crippen LogP contribution in [0, 0.1) is 0 Å². The van der Waals surface area contributed by atoms with Crippen LogP contribution in [-0.2, 0) is 14.8 Å². The van der Waals surface area contributed by atoms with Gasteiger partial charge in [-0.05, 0) is 32.0 Å². The van der Waals surface area contributed by atoms with Gasteiger partial charge in [0.15, 0.2) is 0 Å². The lowest BCUT2D eigenvalue weighted by atomic mass is 10.2. The van der Waals surface area contributed by atoms with Crippen molar-refractivity contribution in [3.05, 3.63) is 36.2 Å². The molecule has 1 aliphatic heterocycles. The van der Waals surface area contributed by atoms with Crippen molar-refractivity contribution >= 4 is 21.9 Å². The fraction of sp³-hybridized carbons (Fsp3) is 0.400. The molecule has 0 aliphatic carbocycles. The number of hydrogen-bond donors (Lipinski definition) is 2. The maximum Gasteiger partial charge on any atom is 0.258 e. The molecule has 1 aliphatic rings. The quantitative estimate of drug-likeness (QED) is 0.830. The topological polar surface area (TPSA) is 117 Å². The van der Waals surface area contributed by atoms with Crippen LogP contribution in [0.2, 0.25) is 0 Å². The first-order chi connectivity index (χ1) is 11.9. The third kappa shape index (κ3) is 3.86. The molecule has 1 aromatic carbocycles. The Hall–Kier alpha value is -2.30. The number of morpholine rings is 1. The molecular weight excluding hydrogens is 346 g/mol. The number of amides is 1. The maximum atomic E-state index is 12.9. The van der Waals surface area contributed by atoms with Gasteiger partial charge in [0, 0.05) is 18.7 Å². The van der Waals surface area contributed by atoms with Crippen molar-refractivity contribution < 1.29 is 17.9 Å². The number of hydrogen-bond acceptors (Lipinski definition) is 6. The van der Waals surface area contributed by atoms with E-state index in [1.807, 2.05) is 13.8 Å². The molecule has 25 heavy (non-hydrogen) atoms. The number of carbonyl (C=O) groups is 1. The fourth-order valence-electron chi connectivity index (χ4n) is 2.72. The Morgan fingerprint density at radius 1 is 1.32 bits per heavy atom. The summed E-state index contributed by atoms with van der Waals surface area (Å²) in [7, 11) is -3.71. The number of anilines is 1. The van der Waals surface area contributed by atoms with Crippen LogP contribution in [0.5, 0.6) is 0 Å². The summed E-state index contributed by atoms with van der Waals surface area (Å²) in [5.41, 5.74) is 0.215. The third-order valence-electron chi connectivity index (χ3n) is 3.77. The highest BCUT2D eigenvalue weighted by Gasteiger charge is 2.32. The van der Waals surface area contributed by atoms with Crippen LogP contribution >= 0.6 is 0 Å². The highest BCUT2D eigenvalue weighted by Crippen LogP contribution is 2.22. The number of sulfonamides is 1. The number of carbonyl (C=O) groups excluding carboxylic acids is 1. The Labute approximate surface area is 145 Å². The van der Waals surface area contributed by atoms with Crippen LogP contribution in [0.1, 0.15) is 24.2 Å². The lowest BCUT2D eigenvalue weighted by Gasteiger charge is -2.34. The summed E-state index contributed by atoms with van der Waals surface area (Å²) in [4.78, 5) is 16.1. The molecule has 1 aromatic heterocycles. The molecule has 2 atom stereocenters. The molecule has 1 amide bonds. The van der Waals surface area contributed by atoms with E-state index in [1.54, 1.807) is 0 Å². The molecule has 0 saturated carbocycles. The molecule has 2 N–H and O–H groups in total. The summed E-state index contributed by atoms with van der Waals surface area (Å²) >= 11 is 0. The Kier molecular flexibility index (Phi) is 4.84. The summed E-state index contributed by atoms with van der Waals surface area (Å²) in [5, 5.41) is 8.66. The fourth-order valence-corrected chi connectivity index (χ4v) is 4.36. The van der Waals surface area contributed by atoms with Crippen LogP contribution in [0.25, 0.3) is 0 Å². The summed E-state index contributed by atoms with van der Waals surface area (Å²) in [6, 6.07) is 5.90. The zero-order valence-electron chi connectivity index (χ0n) is 13.8. The lowest BCUT2D eigenvalue weighted by molar-refractivity contribution is -0.0440. The number of H-pyrrole nitrogens is 1. The molecule has 0 bridgehead atoms. The predicted molar refractivity (Wildman–Crippen MR) is 89.5 cm³/mol. The smallest absolute Gasteiger partial charge is 0.258 e. The minimum atomic E-state index is -3.71. The molecular formula is C15H19N5O4S. The van der Waals surface area contributed by atoms with E-state index in [0.717, 1.165) is 0 Å². The van der Waals surface area contributed by atoms with Gasteiger partial charge in [0.25, 0.3) is 5.91 Å². The van der Waals surface area contributed by atoms with E-state index in [-0.39, 0.29) is 41.7 Å². The molecule has 0 radical (unpaired) electrons. The number of nitrogens with one attached hydrogen (secondary N) is 2. The van der Waals surface area contributed by atoms with E-state index in [1.165, 1.54) is 34.9 Å². The maximum absolute atomic E-state index is 12.9. The predicted octanol–water partition coefficient (Wildman–Crippen LogP) is 0.855. The van der Waals surface area contributed by atoms with Crippen molar-refractivity contribution in [2.75, 3.05) is 18.4 Å². The van der Waals surface area contributed by atoms with Crippen molar-refractivity contribution in [2.45, 2.75) is 31.0 Å². The molecule has 10 heteroatoms. The van der Waals surface area contributed by atoms with Crippen molar-refractivity contribution in [1.82, 2.24) is 19.5 Å². The summed E-state index contributed by atoms with van der Waals surface area (Å²) in [6.45, 7) is 4.22. The van der Waals surface area contributed by atoms with Gasteiger partial charge in [0.2, 0.25) is 16.0 Å². The summed E-state index contributed by atoms with van der Waals surface area (Å²) < 4.78 is 32.7. The van der Waals surface area contributed by atoms with Crippen LogP contribution in [-0.4, -0.2) is 59.1 Å². The lowest BCUT2D eigenvalue weighted by Crippen LogP contribution is -2.48. The SMILES string of the molecule is C[C@@H]1CN(S(=O)(=O)c2cccc(C(=O)Nc3ncn[nH]3)c2)C[C@H](C)O1. The average molecular weight is 365 g/mol. The van der Waals surface area contributed by atoms with Gasteiger partial charge in [0.05, 0.1) is 17.1 Å². The number of benzene rings is 1. The minimum Gasteiger partial charge on any atom is -0.373 e. The van der Waals surface area contributed by atoms with Crippen LogP contribution in [0.3, 0.4) is 0 Å². The van der Waals surface area contributed by atoms with Crippen LogP contribution in [0.15, 0.2) is 35.5 Å². The Bertz CT molecular complexity index is 843. The first kappa shape index (κ1) is 17.5. The Morgan fingerprint density at radius 3 is 2.68 bits per heavy atom. The van der Waals surface area contributed by atoms with Gasteiger partial charge in [-0.1, -0.05) is 6.07 Å². The van der Waals surface area contributed by atoms with Gasteiger partial charge in [-0.2, -0.15) is 14.4 Å². The highest BCUT2D eigenvalue weighted by atomic mass is 32.2. The van der Waals surface area contributed by atoms with Crippen molar-refractivity contribution in [2.24, 2.45) is 0 Å². The normalized spacial score (nSPS) is 21.8. The first-order valence-corrected chi connectivity index (χ1v) is 9.22. The van der Waals surface area contributed by atoms with E-state index >= 15 is 0 Å². The number of rotatable bonds is 4. The van der Waals surface area contributed by atoms with Gasteiger partial charge in [-0.3, -0.25) is 10.1 Å². The van der Waals surface area contributed by atoms with E-state index in [2.05, 4.69) is 20.5 Å². The molecule has 1 saturated heterocycles. The summed E-state index contributed by atoms with van der Waals surface area (Å²) in [6.07, 6.45) is 0.893. The number of aromatic nitrogens is 3. The van der Waals surface area contributed by atoms with Gasteiger partial charge >= 0.3 is 0 Å². The van der Waals surface area contributed by atoms with Gasteiger partial charge in [0.1, 0.15) is 6.33 Å². The monoisotopic (exact) mass is 365 g/mol. The largest absolute Gasteiger partial charge is 0.373 e. The minimum absolute atomic E-state index is 0.0685. The highest BCUT2D eigenvalue weighted by molar-refractivity contribution is 7.89. The molecule has 2 heterocycles. The third-order valence-corrected chi connectivity index (χ3v) is 5.59. The van der Waals surface area contributed by atoms with E-state index < -0.39 is 15.9 Å². The second-order valence-corrected chi connectivity index (χ2v) is 7.83. The number of ether oxygens (including phenoxy) is 1. The zero-order chi connectivity index (χ0) is 18.0. The number of nitrogens with zero attached hydrogens (tertiary/aromatic N) is 3. The van der Waals surface area contributed by atoms with Gasteiger partial charge in [-0.25, -0.2) is 13.5 Å². The zero-order valence-corrected chi connectivity index (χ0v) is 14.7. The van der Waals surface area contributed by atoms with Crippen molar-refractivity contribution in [3.8, 4) is 0 Å². The molecule has 0 spiro atoms. The van der Waals surface area contributed by atoms with Crippen LogP contribution < -0.4 is 5.32 Å². The van der Waals surface area contributed by atoms with Crippen molar-refractivity contribution in [1.29, 1.82) is 0 Å². The second-order valence-electron chi connectivity index (χ2n) is 5.90. The Morgan fingerprint density at radius 2 is 2.04 bits per heavy atom. The molecule has 134 valence electrons.